The van der Waals surface area contributed by atoms with Crippen LogP contribution >= 0.6 is 0 Å². The third kappa shape index (κ3) is 3.13. The van der Waals surface area contributed by atoms with Crippen LogP contribution in [-0.2, 0) is 4.79 Å². The van der Waals surface area contributed by atoms with Crippen LogP contribution < -0.4 is 5.32 Å². The van der Waals surface area contributed by atoms with Crippen molar-refractivity contribution in [3.63, 3.8) is 0 Å². The van der Waals surface area contributed by atoms with E-state index in [0.717, 1.165) is 19.4 Å². The molecule has 3 rings (SSSR count). The minimum absolute atomic E-state index is 0.100. The Morgan fingerprint density at radius 2 is 1.95 bits per heavy atom. The Bertz CT molecular complexity index is 371. The summed E-state index contributed by atoms with van der Waals surface area (Å²) < 4.78 is 0. The predicted octanol–water partition coefficient (Wildman–Crippen LogP) is 3.68. The van der Waals surface area contributed by atoms with Gasteiger partial charge in [0.05, 0.1) is 12.2 Å². The van der Waals surface area contributed by atoms with Gasteiger partial charge in [0.15, 0.2) is 0 Å². The number of nitrogens with one attached hydrogen (secondary N) is 1. The van der Waals surface area contributed by atoms with Crippen LogP contribution in [0.1, 0.15) is 78.1 Å². The summed E-state index contributed by atoms with van der Waals surface area (Å²) in [6, 6.07) is 0.100. The zero-order valence-electron chi connectivity index (χ0n) is 13.9. The van der Waals surface area contributed by atoms with Gasteiger partial charge < -0.3 is 4.90 Å². The normalized spacial score (nSPS) is 32.1. The molecule has 21 heavy (non-hydrogen) atoms. The van der Waals surface area contributed by atoms with E-state index in [4.69, 9.17) is 0 Å². The van der Waals surface area contributed by atoms with Crippen LogP contribution in [0.4, 0.5) is 0 Å². The van der Waals surface area contributed by atoms with E-state index in [1.54, 1.807) is 0 Å². The fraction of sp³-hybridized carbons (Fsp3) is 0.944. The molecule has 1 saturated heterocycles. The van der Waals surface area contributed by atoms with Crippen LogP contribution in [-0.4, -0.2) is 29.6 Å². The molecule has 2 atom stereocenters. The molecule has 3 nitrogen and oxygen atoms in total. The van der Waals surface area contributed by atoms with E-state index in [1.165, 1.54) is 51.4 Å². The zero-order valence-corrected chi connectivity index (χ0v) is 13.9. The van der Waals surface area contributed by atoms with Gasteiger partial charge in [-0.25, -0.2) is 0 Å². The maximum absolute atomic E-state index is 12.9. The molecule has 0 bridgehead atoms. The van der Waals surface area contributed by atoms with Gasteiger partial charge in [-0.2, -0.15) is 0 Å². The SMILES string of the molecule is CCCCC1NC(C2CCCC2)N(CC2(CC)CC2)C1=O. The highest BCUT2D eigenvalue weighted by atomic mass is 16.2. The number of unbranched alkanes of at least 4 members (excludes halogenated alkanes) is 1. The molecule has 0 radical (unpaired) electrons. The number of hydrogen-bond acceptors (Lipinski definition) is 2. The van der Waals surface area contributed by atoms with Crippen LogP contribution in [0.5, 0.6) is 0 Å². The molecular weight excluding hydrogens is 260 g/mol. The van der Waals surface area contributed by atoms with Crippen molar-refractivity contribution in [3.8, 4) is 0 Å². The van der Waals surface area contributed by atoms with Crippen molar-refractivity contribution in [3.05, 3.63) is 0 Å². The fourth-order valence-electron chi connectivity index (χ4n) is 4.32. The monoisotopic (exact) mass is 292 g/mol. The molecule has 0 aromatic heterocycles. The number of rotatable bonds is 7. The summed E-state index contributed by atoms with van der Waals surface area (Å²) in [4.78, 5) is 15.1. The Morgan fingerprint density at radius 3 is 2.52 bits per heavy atom. The third-order valence-corrected chi connectivity index (χ3v) is 6.19. The van der Waals surface area contributed by atoms with Crippen LogP contribution in [0.25, 0.3) is 0 Å². The maximum atomic E-state index is 12.9. The number of hydrogen-bond donors (Lipinski definition) is 1. The van der Waals surface area contributed by atoms with E-state index in [9.17, 15) is 4.79 Å². The molecule has 1 amide bonds. The standard InChI is InChI=1S/C18H32N2O/c1-3-5-10-15-17(21)20(13-18(4-2)11-12-18)16(19-15)14-8-6-7-9-14/h14-16,19H,3-13H2,1-2H3. The van der Waals surface area contributed by atoms with Crippen LogP contribution in [0, 0.1) is 11.3 Å². The molecule has 120 valence electrons. The second kappa shape index (κ2) is 6.28. The first kappa shape index (κ1) is 15.3. The van der Waals surface area contributed by atoms with Crippen molar-refractivity contribution < 1.29 is 4.79 Å². The second-order valence-corrected chi connectivity index (χ2v) is 7.67. The summed E-state index contributed by atoms with van der Waals surface area (Å²) in [5.41, 5.74) is 0.466. The predicted molar refractivity (Wildman–Crippen MR) is 85.9 cm³/mol. The minimum atomic E-state index is 0.100. The van der Waals surface area contributed by atoms with Crippen molar-refractivity contribution in [2.24, 2.45) is 11.3 Å². The smallest absolute Gasteiger partial charge is 0.241 e. The summed E-state index contributed by atoms with van der Waals surface area (Å²) >= 11 is 0. The molecule has 2 aliphatic carbocycles. The van der Waals surface area contributed by atoms with E-state index in [1.807, 2.05) is 0 Å². The van der Waals surface area contributed by atoms with Crippen LogP contribution in [0.15, 0.2) is 0 Å². The summed E-state index contributed by atoms with van der Waals surface area (Å²) in [5.74, 6) is 1.10. The summed E-state index contributed by atoms with van der Waals surface area (Å²) in [5, 5.41) is 3.72. The van der Waals surface area contributed by atoms with Gasteiger partial charge in [0.25, 0.3) is 0 Å². The van der Waals surface area contributed by atoms with Crippen LogP contribution in [0.3, 0.4) is 0 Å². The Labute approximate surface area is 129 Å². The Kier molecular flexibility index (Phi) is 4.58. The first-order chi connectivity index (χ1) is 10.2. The molecule has 0 aromatic carbocycles. The zero-order chi connectivity index (χ0) is 14.9. The number of carbonyl (C=O) groups excluding carboxylic acids is 1. The Hall–Kier alpha value is -0.570. The molecule has 3 aliphatic rings. The van der Waals surface area contributed by atoms with Gasteiger partial charge in [0, 0.05) is 6.54 Å². The van der Waals surface area contributed by atoms with Gasteiger partial charge in [-0.1, -0.05) is 39.5 Å². The van der Waals surface area contributed by atoms with Gasteiger partial charge in [-0.05, 0) is 49.9 Å². The van der Waals surface area contributed by atoms with Gasteiger partial charge in [-0.3, -0.25) is 10.1 Å². The van der Waals surface area contributed by atoms with Gasteiger partial charge >= 0.3 is 0 Å². The third-order valence-electron chi connectivity index (χ3n) is 6.19. The van der Waals surface area contributed by atoms with Crippen molar-refractivity contribution in [2.45, 2.75) is 90.3 Å². The lowest BCUT2D eigenvalue weighted by Crippen LogP contribution is -2.45. The maximum Gasteiger partial charge on any atom is 0.241 e. The average molecular weight is 292 g/mol. The molecule has 1 aliphatic heterocycles. The van der Waals surface area contributed by atoms with E-state index < -0.39 is 0 Å². The first-order valence-corrected chi connectivity index (χ1v) is 9.25. The van der Waals surface area contributed by atoms with Crippen molar-refractivity contribution >= 4 is 5.91 Å². The quantitative estimate of drug-likeness (QED) is 0.776. The topological polar surface area (TPSA) is 32.3 Å². The molecule has 2 saturated carbocycles. The number of nitrogens with zero attached hydrogens (tertiary/aromatic N) is 1. The molecule has 0 spiro atoms. The lowest BCUT2D eigenvalue weighted by atomic mass is 9.99. The molecule has 3 fully saturated rings. The van der Waals surface area contributed by atoms with Gasteiger partial charge in [0.2, 0.25) is 5.91 Å². The van der Waals surface area contributed by atoms with E-state index in [2.05, 4.69) is 24.1 Å². The summed E-state index contributed by atoms with van der Waals surface area (Å²) in [6.45, 7) is 5.52. The van der Waals surface area contributed by atoms with Gasteiger partial charge in [0.1, 0.15) is 0 Å². The molecule has 2 unspecified atom stereocenters. The largest absolute Gasteiger partial charge is 0.325 e. The van der Waals surface area contributed by atoms with Crippen molar-refractivity contribution in [2.75, 3.05) is 6.54 Å². The molecule has 3 heteroatoms. The molecule has 0 aromatic rings. The molecular formula is C18H32N2O. The Morgan fingerprint density at radius 1 is 1.24 bits per heavy atom. The van der Waals surface area contributed by atoms with Gasteiger partial charge in [-0.15, -0.1) is 0 Å². The average Bonchev–Trinajstić information content (AvgIpc) is 2.93. The lowest BCUT2D eigenvalue weighted by Gasteiger charge is -2.32. The van der Waals surface area contributed by atoms with Crippen molar-refractivity contribution in [1.29, 1.82) is 0 Å². The highest BCUT2D eigenvalue weighted by Crippen LogP contribution is 2.50. The lowest BCUT2D eigenvalue weighted by molar-refractivity contribution is -0.131. The van der Waals surface area contributed by atoms with Crippen LogP contribution in [0.2, 0.25) is 0 Å². The molecule has 1 heterocycles. The minimum Gasteiger partial charge on any atom is -0.325 e. The van der Waals surface area contributed by atoms with Crippen molar-refractivity contribution in [1.82, 2.24) is 10.2 Å². The fourth-order valence-corrected chi connectivity index (χ4v) is 4.32. The van der Waals surface area contributed by atoms with E-state index in [0.29, 0.717) is 23.4 Å². The highest BCUT2D eigenvalue weighted by Gasteiger charge is 2.49. The first-order valence-electron chi connectivity index (χ1n) is 9.25. The Balaban J connectivity index is 1.70. The van der Waals surface area contributed by atoms with E-state index in [-0.39, 0.29) is 6.04 Å². The van der Waals surface area contributed by atoms with E-state index >= 15 is 0 Å². The highest BCUT2D eigenvalue weighted by molar-refractivity contribution is 5.84. The molecule has 1 N–H and O–H groups in total. The number of carbonyl (C=O) groups is 1. The number of amides is 1. The second-order valence-electron chi connectivity index (χ2n) is 7.67. The summed E-state index contributed by atoms with van der Waals surface area (Å²) in [6.07, 6.45) is 12.9. The summed E-state index contributed by atoms with van der Waals surface area (Å²) in [7, 11) is 0.